The van der Waals surface area contributed by atoms with Gasteiger partial charge in [-0.25, -0.2) is 18.7 Å². The predicted molar refractivity (Wildman–Crippen MR) is 61.9 cm³/mol. The maximum atomic E-state index is 13.5. The Balaban J connectivity index is 2.36. The molecule has 20 heavy (non-hydrogen) atoms. The monoisotopic (exact) mass is 307 g/mol. The standard InChI is InChI=1S/C11H6F5N3S/c12-6-3-5(17)4-7(13)9(6)20-10-18-2-1-8(19-10)11(14,15)16/h1-4H,17H2. The van der Waals surface area contributed by atoms with Gasteiger partial charge in [0.1, 0.15) is 17.3 Å². The fourth-order valence-corrected chi connectivity index (χ4v) is 2.07. The van der Waals surface area contributed by atoms with Gasteiger partial charge in [-0.15, -0.1) is 0 Å². The number of benzene rings is 1. The number of nitrogen functional groups attached to an aromatic ring is 1. The Morgan fingerprint density at radius 2 is 1.70 bits per heavy atom. The maximum Gasteiger partial charge on any atom is 0.433 e. The second-order valence-corrected chi connectivity index (χ2v) is 4.62. The lowest BCUT2D eigenvalue weighted by atomic mass is 10.3. The molecule has 3 nitrogen and oxygen atoms in total. The Hall–Kier alpha value is -1.90. The van der Waals surface area contributed by atoms with Crippen LogP contribution in [0.15, 0.2) is 34.4 Å². The van der Waals surface area contributed by atoms with Crippen LogP contribution in [0.4, 0.5) is 27.6 Å². The SMILES string of the molecule is Nc1cc(F)c(Sc2nccc(C(F)(F)F)n2)c(F)c1. The summed E-state index contributed by atoms with van der Waals surface area (Å²) in [5, 5.41) is -0.414. The summed E-state index contributed by atoms with van der Waals surface area (Å²) in [6.45, 7) is 0. The van der Waals surface area contributed by atoms with E-state index in [-0.39, 0.29) is 5.69 Å². The van der Waals surface area contributed by atoms with Crippen LogP contribution in [0.5, 0.6) is 0 Å². The first-order valence-corrected chi connectivity index (χ1v) is 5.91. The van der Waals surface area contributed by atoms with E-state index in [1.54, 1.807) is 0 Å². The highest BCUT2D eigenvalue weighted by molar-refractivity contribution is 7.99. The van der Waals surface area contributed by atoms with Gasteiger partial charge in [-0.05, 0) is 30.0 Å². The highest BCUT2D eigenvalue weighted by Gasteiger charge is 2.33. The molecule has 1 heterocycles. The fourth-order valence-electron chi connectivity index (χ4n) is 1.32. The molecule has 0 radical (unpaired) electrons. The van der Waals surface area contributed by atoms with Crippen LogP contribution in [0.3, 0.4) is 0 Å². The van der Waals surface area contributed by atoms with E-state index in [9.17, 15) is 22.0 Å². The smallest absolute Gasteiger partial charge is 0.399 e. The predicted octanol–water partition coefficient (Wildman–Crippen LogP) is 3.51. The largest absolute Gasteiger partial charge is 0.433 e. The first-order valence-electron chi connectivity index (χ1n) is 5.10. The molecule has 2 N–H and O–H groups in total. The number of halogens is 5. The zero-order valence-electron chi connectivity index (χ0n) is 9.58. The minimum absolute atomic E-state index is 0.130. The van der Waals surface area contributed by atoms with Gasteiger partial charge in [-0.3, -0.25) is 0 Å². The summed E-state index contributed by atoms with van der Waals surface area (Å²) in [6.07, 6.45) is -3.79. The summed E-state index contributed by atoms with van der Waals surface area (Å²) in [5.41, 5.74) is 3.91. The van der Waals surface area contributed by atoms with Crippen molar-refractivity contribution in [2.75, 3.05) is 5.73 Å². The summed E-state index contributed by atoms with van der Waals surface area (Å²) in [6, 6.07) is 2.39. The second-order valence-electron chi connectivity index (χ2n) is 3.64. The maximum absolute atomic E-state index is 13.5. The topological polar surface area (TPSA) is 51.8 Å². The molecule has 0 aliphatic rings. The molecule has 0 aliphatic heterocycles. The quantitative estimate of drug-likeness (QED) is 0.524. The molecule has 0 atom stereocenters. The molecule has 0 unspecified atom stereocenters. The summed E-state index contributed by atoms with van der Waals surface area (Å²) < 4.78 is 64.4. The summed E-state index contributed by atoms with van der Waals surface area (Å²) in [7, 11) is 0. The van der Waals surface area contributed by atoms with Crippen LogP contribution in [-0.2, 0) is 6.18 Å². The molecular formula is C11H6F5N3S. The number of hydrogen-bond donors (Lipinski definition) is 1. The number of anilines is 1. The summed E-state index contributed by atoms with van der Waals surface area (Å²) in [4.78, 5) is 6.23. The minimum atomic E-state index is -4.66. The average molecular weight is 307 g/mol. The number of hydrogen-bond acceptors (Lipinski definition) is 4. The van der Waals surface area contributed by atoms with Gasteiger partial charge in [0.15, 0.2) is 5.16 Å². The molecule has 0 aliphatic carbocycles. The Morgan fingerprint density at radius 3 is 2.25 bits per heavy atom. The van der Waals surface area contributed by atoms with Crippen LogP contribution in [0.2, 0.25) is 0 Å². The van der Waals surface area contributed by atoms with E-state index in [1.165, 1.54) is 0 Å². The van der Waals surface area contributed by atoms with Gasteiger partial charge in [0, 0.05) is 11.9 Å². The van der Waals surface area contributed by atoms with Gasteiger partial charge in [-0.2, -0.15) is 13.2 Å². The van der Waals surface area contributed by atoms with Gasteiger partial charge in [-0.1, -0.05) is 0 Å². The minimum Gasteiger partial charge on any atom is -0.399 e. The van der Waals surface area contributed by atoms with Crippen molar-refractivity contribution >= 4 is 17.4 Å². The zero-order chi connectivity index (χ0) is 14.9. The molecule has 0 fully saturated rings. The Bertz CT molecular complexity index is 621. The van der Waals surface area contributed by atoms with Crippen molar-refractivity contribution in [1.82, 2.24) is 9.97 Å². The first kappa shape index (κ1) is 14.5. The van der Waals surface area contributed by atoms with Gasteiger partial charge in [0.05, 0.1) is 4.90 Å². The Morgan fingerprint density at radius 1 is 1.10 bits per heavy atom. The summed E-state index contributed by atoms with van der Waals surface area (Å²) in [5.74, 6) is -1.98. The highest BCUT2D eigenvalue weighted by atomic mass is 32.2. The average Bonchev–Trinajstić information content (AvgIpc) is 2.33. The van der Waals surface area contributed by atoms with E-state index in [2.05, 4.69) is 9.97 Å². The lowest BCUT2D eigenvalue weighted by Gasteiger charge is -2.08. The molecule has 1 aromatic heterocycles. The van der Waals surface area contributed by atoms with Crippen LogP contribution in [0.25, 0.3) is 0 Å². The normalized spacial score (nSPS) is 11.7. The molecule has 0 spiro atoms. The van der Waals surface area contributed by atoms with Crippen molar-refractivity contribution in [3.8, 4) is 0 Å². The number of nitrogens with zero attached hydrogens (tertiary/aromatic N) is 2. The fraction of sp³-hybridized carbons (Fsp3) is 0.0909. The molecule has 9 heteroatoms. The lowest BCUT2D eigenvalue weighted by molar-refractivity contribution is -0.141. The van der Waals surface area contributed by atoms with E-state index in [1.807, 2.05) is 0 Å². The van der Waals surface area contributed by atoms with Gasteiger partial charge < -0.3 is 5.73 Å². The van der Waals surface area contributed by atoms with Crippen LogP contribution >= 0.6 is 11.8 Å². The van der Waals surface area contributed by atoms with Crippen LogP contribution in [0.1, 0.15) is 5.69 Å². The molecule has 0 saturated heterocycles. The van der Waals surface area contributed by atoms with E-state index in [4.69, 9.17) is 5.73 Å². The molecule has 2 rings (SSSR count). The van der Waals surface area contributed by atoms with E-state index < -0.39 is 33.6 Å². The molecule has 0 amide bonds. The van der Waals surface area contributed by atoms with Gasteiger partial charge in [0.25, 0.3) is 0 Å². The van der Waals surface area contributed by atoms with E-state index in [0.717, 1.165) is 18.3 Å². The highest BCUT2D eigenvalue weighted by Crippen LogP contribution is 2.33. The van der Waals surface area contributed by atoms with Crippen LogP contribution in [0, 0.1) is 11.6 Å². The first-order chi connectivity index (χ1) is 9.27. The molecule has 0 bridgehead atoms. The van der Waals surface area contributed by atoms with Gasteiger partial charge in [0.2, 0.25) is 0 Å². The molecule has 1 aromatic carbocycles. The second kappa shape index (κ2) is 5.23. The number of alkyl halides is 3. The van der Waals surface area contributed by atoms with Crippen molar-refractivity contribution in [3.63, 3.8) is 0 Å². The number of rotatable bonds is 2. The summed E-state index contributed by atoms with van der Waals surface area (Å²) >= 11 is 0.352. The van der Waals surface area contributed by atoms with Crippen molar-refractivity contribution in [3.05, 3.63) is 41.7 Å². The lowest BCUT2D eigenvalue weighted by Crippen LogP contribution is -2.08. The van der Waals surface area contributed by atoms with Crippen molar-refractivity contribution in [1.29, 1.82) is 0 Å². The number of aromatic nitrogens is 2. The molecule has 106 valence electrons. The molecule has 2 aromatic rings. The Kier molecular flexibility index (Phi) is 3.80. The molecular weight excluding hydrogens is 301 g/mol. The third-order valence-corrected chi connectivity index (χ3v) is 3.11. The zero-order valence-corrected chi connectivity index (χ0v) is 10.4. The molecule has 0 saturated carbocycles. The number of nitrogens with two attached hydrogens (primary N) is 1. The van der Waals surface area contributed by atoms with Crippen LogP contribution < -0.4 is 5.73 Å². The van der Waals surface area contributed by atoms with E-state index >= 15 is 0 Å². The van der Waals surface area contributed by atoms with Crippen molar-refractivity contribution in [2.45, 2.75) is 16.2 Å². The van der Waals surface area contributed by atoms with Crippen molar-refractivity contribution in [2.24, 2.45) is 0 Å². The van der Waals surface area contributed by atoms with E-state index in [0.29, 0.717) is 17.8 Å². The third-order valence-electron chi connectivity index (χ3n) is 2.14. The van der Waals surface area contributed by atoms with Crippen LogP contribution in [-0.4, -0.2) is 9.97 Å². The Labute approximate surface area is 114 Å². The third kappa shape index (κ3) is 3.16. The van der Waals surface area contributed by atoms with Crippen molar-refractivity contribution < 1.29 is 22.0 Å². The van der Waals surface area contributed by atoms with Gasteiger partial charge >= 0.3 is 6.18 Å².